The van der Waals surface area contributed by atoms with Gasteiger partial charge in [-0.15, -0.1) is 0 Å². The maximum atomic E-state index is 13.4. The van der Waals surface area contributed by atoms with Crippen molar-refractivity contribution in [2.45, 2.75) is 0 Å². The van der Waals surface area contributed by atoms with E-state index in [2.05, 4.69) is 9.97 Å². The fourth-order valence-electron chi connectivity index (χ4n) is 1.24. The van der Waals surface area contributed by atoms with Crippen molar-refractivity contribution < 1.29 is 13.2 Å². The first kappa shape index (κ1) is 10.4. The third kappa shape index (κ3) is 1.69. The highest BCUT2D eigenvalue weighted by Gasteiger charge is 2.15. The van der Waals surface area contributed by atoms with Gasteiger partial charge in [0.15, 0.2) is 17.5 Å². The summed E-state index contributed by atoms with van der Waals surface area (Å²) < 4.78 is 39.0. The van der Waals surface area contributed by atoms with Crippen LogP contribution in [0.1, 0.15) is 0 Å². The van der Waals surface area contributed by atoms with Crippen molar-refractivity contribution in [3.05, 3.63) is 42.0 Å². The molecule has 0 saturated carbocycles. The van der Waals surface area contributed by atoms with Crippen LogP contribution in [0.2, 0.25) is 0 Å². The highest BCUT2D eigenvalue weighted by molar-refractivity contribution is 5.62. The Bertz CT molecular complexity index is 543. The van der Waals surface area contributed by atoms with Crippen molar-refractivity contribution in [3.8, 4) is 11.3 Å². The number of nitrogens with zero attached hydrogens (tertiary/aromatic N) is 2. The molecule has 1 aromatic carbocycles. The lowest BCUT2D eigenvalue weighted by molar-refractivity contribution is 0.449. The van der Waals surface area contributed by atoms with Crippen molar-refractivity contribution in [1.82, 2.24) is 9.97 Å². The maximum absolute atomic E-state index is 13.4. The molecule has 2 rings (SSSR count). The minimum absolute atomic E-state index is 0.101. The Morgan fingerprint density at radius 3 is 2.44 bits per heavy atom. The second kappa shape index (κ2) is 3.80. The summed E-state index contributed by atoms with van der Waals surface area (Å²) in [5.41, 5.74) is 5.31. The molecule has 0 aliphatic heterocycles. The predicted octanol–water partition coefficient (Wildman–Crippen LogP) is 2.14. The molecular weight excluding hydrogens is 219 g/mol. The molecule has 1 heterocycles. The Labute approximate surface area is 88.8 Å². The normalized spacial score (nSPS) is 10.4. The first-order chi connectivity index (χ1) is 7.59. The van der Waals surface area contributed by atoms with Gasteiger partial charge in [0.2, 0.25) is 0 Å². The Kier molecular flexibility index (Phi) is 2.47. The summed E-state index contributed by atoms with van der Waals surface area (Å²) in [6, 6.07) is 3.19. The van der Waals surface area contributed by atoms with Crippen LogP contribution < -0.4 is 5.73 Å². The molecule has 0 radical (unpaired) electrons. The average molecular weight is 225 g/mol. The van der Waals surface area contributed by atoms with Crippen molar-refractivity contribution in [2.24, 2.45) is 0 Å². The number of benzene rings is 1. The molecule has 2 N–H and O–H groups in total. The summed E-state index contributed by atoms with van der Waals surface area (Å²) >= 11 is 0. The summed E-state index contributed by atoms with van der Waals surface area (Å²) in [4.78, 5) is 7.33. The summed E-state index contributed by atoms with van der Waals surface area (Å²) in [6.45, 7) is 0. The summed E-state index contributed by atoms with van der Waals surface area (Å²) in [5, 5.41) is 0. The largest absolute Gasteiger partial charge is 0.384 e. The second-order valence-corrected chi connectivity index (χ2v) is 3.05. The predicted molar refractivity (Wildman–Crippen MR) is 51.8 cm³/mol. The van der Waals surface area contributed by atoms with Gasteiger partial charge >= 0.3 is 0 Å². The van der Waals surface area contributed by atoms with Gasteiger partial charge in [0.1, 0.15) is 12.1 Å². The van der Waals surface area contributed by atoms with E-state index in [1.165, 1.54) is 6.07 Å². The molecule has 0 amide bonds. The Balaban J connectivity index is 2.61. The summed E-state index contributed by atoms with van der Waals surface area (Å²) in [7, 11) is 0. The number of rotatable bonds is 1. The molecule has 82 valence electrons. The molecule has 0 bridgehead atoms. The monoisotopic (exact) mass is 225 g/mol. The third-order valence-electron chi connectivity index (χ3n) is 2.00. The lowest BCUT2D eigenvalue weighted by Crippen LogP contribution is -1.97. The molecule has 0 saturated heterocycles. The summed E-state index contributed by atoms with van der Waals surface area (Å²) in [5.74, 6) is -3.95. The van der Waals surface area contributed by atoms with E-state index >= 15 is 0 Å². The summed E-state index contributed by atoms with van der Waals surface area (Å²) in [6.07, 6.45) is 1.12. The minimum Gasteiger partial charge on any atom is -0.384 e. The molecule has 0 aliphatic carbocycles. The number of halogens is 3. The van der Waals surface area contributed by atoms with Crippen LogP contribution in [0, 0.1) is 17.5 Å². The Hall–Kier alpha value is -2.11. The van der Waals surface area contributed by atoms with Gasteiger partial charge in [-0.25, -0.2) is 23.1 Å². The molecule has 0 spiro atoms. The molecule has 0 fully saturated rings. The van der Waals surface area contributed by atoms with E-state index in [9.17, 15) is 13.2 Å². The molecule has 2 aromatic rings. The maximum Gasteiger partial charge on any atom is 0.195 e. The Morgan fingerprint density at radius 1 is 1.00 bits per heavy atom. The van der Waals surface area contributed by atoms with E-state index in [-0.39, 0.29) is 17.1 Å². The molecule has 6 heteroatoms. The lowest BCUT2D eigenvalue weighted by Gasteiger charge is -2.04. The van der Waals surface area contributed by atoms with Crippen molar-refractivity contribution in [3.63, 3.8) is 0 Å². The fraction of sp³-hybridized carbons (Fsp3) is 0. The molecule has 1 aromatic heterocycles. The van der Waals surface area contributed by atoms with Crippen LogP contribution in [0.25, 0.3) is 11.3 Å². The molecular formula is C10H6F3N3. The van der Waals surface area contributed by atoms with Gasteiger partial charge < -0.3 is 5.73 Å². The van der Waals surface area contributed by atoms with Crippen molar-refractivity contribution in [1.29, 1.82) is 0 Å². The standard InChI is InChI=1S/C10H6F3N3/c11-6-2-1-5(9(12)10(6)13)7-3-8(14)16-4-15-7/h1-4H,(H2,14,15,16). The minimum atomic E-state index is -1.53. The smallest absolute Gasteiger partial charge is 0.195 e. The lowest BCUT2D eigenvalue weighted by atomic mass is 10.1. The molecule has 3 nitrogen and oxygen atoms in total. The van der Waals surface area contributed by atoms with E-state index in [4.69, 9.17) is 5.73 Å². The van der Waals surface area contributed by atoms with Crippen LogP contribution in [-0.2, 0) is 0 Å². The highest BCUT2D eigenvalue weighted by Crippen LogP contribution is 2.24. The zero-order chi connectivity index (χ0) is 11.7. The number of anilines is 1. The van der Waals surface area contributed by atoms with Gasteiger partial charge in [0.05, 0.1) is 5.69 Å². The Morgan fingerprint density at radius 2 is 1.75 bits per heavy atom. The van der Waals surface area contributed by atoms with Crippen LogP contribution >= 0.6 is 0 Å². The van der Waals surface area contributed by atoms with Crippen molar-refractivity contribution >= 4 is 5.82 Å². The zero-order valence-electron chi connectivity index (χ0n) is 7.92. The third-order valence-corrected chi connectivity index (χ3v) is 2.00. The van der Waals surface area contributed by atoms with Crippen LogP contribution in [0.5, 0.6) is 0 Å². The van der Waals surface area contributed by atoms with Crippen LogP contribution in [-0.4, -0.2) is 9.97 Å². The van der Waals surface area contributed by atoms with E-state index in [0.717, 1.165) is 18.5 Å². The van der Waals surface area contributed by atoms with E-state index < -0.39 is 17.5 Å². The fourth-order valence-corrected chi connectivity index (χ4v) is 1.24. The number of hydrogen-bond donors (Lipinski definition) is 1. The molecule has 16 heavy (non-hydrogen) atoms. The van der Waals surface area contributed by atoms with Crippen LogP contribution in [0.15, 0.2) is 24.5 Å². The van der Waals surface area contributed by atoms with E-state index in [1.807, 2.05) is 0 Å². The van der Waals surface area contributed by atoms with Gasteiger partial charge in [-0.2, -0.15) is 0 Å². The second-order valence-electron chi connectivity index (χ2n) is 3.05. The topological polar surface area (TPSA) is 51.8 Å². The van der Waals surface area contributed by atoms with E-state index in [0.29, 0.717) is 0 Å². The molecule has 0 unspecified atom stereocenters. The quantitative estimate of drug-likeness (QED) is 0.756. The average Bonchev–Trinajstić information content (AvgIpc) is 2.26. The van der Waals surface area contributed by atoms with Gasteiger partial charge in [0.25, 0.3) is 0 Å². The number of nitrogens with two attached hydrogens (primary N) is 1. The molecule has 0 aliphatic rings. The van der Waals surface area contributed by atoms with Crippen LogP contribution in [0.3, 0.4) is 0 Å². The van der Waals surface area contributed by atoms with Crippen LogP contribution in [0.4, 0.5) is 19.0 Å². The number of nitrogen functional groups attached to an aromatic ring is 1. The zero-order valence-corrected chi connectivity index (χ0v) is 7.92. The first-order valence-electron chi connectivity index (χ1n) is 4.31. The van der Waals surface area contributed by atoms with Gasteiger partial charge in [-0.3, -0.25) is 0 Å². The van der Waals surface area contributed by atoms with Crippen molar-refractivity contribution in [2.75, 3.05) is 5.73 Å². The van der Waals surface area contributed by atoms with E-state index in [1.54, 1.807) is 0 Å². The number of aromatic nitrogens is 2. The van der Waals surface area contributed by atoms with Gasteiger partial charge in [-0.1, -0.05) is 0 Å². The number of hydrogen-bond acceptors (Lipinski definition) is 3. The van der Waals surface area contributed by atoms with Gasteiger partial charge in [0, 0.05) is 11.6 Å². The molecule has 0 atom stereocenters. The first-order valence-corrected chi connectivity index (χ1v) is 4.31. The SMILES string of the molecule is Nc1cc(-c2ccc(F)c(F)c2F)ncn1. The van der Waals surface area contributed by atoms with Gasteiger partial charge in [-0.05, 0) is 12.1 Å². The highest BCUT2D eigenvalue weighted by atomic mass is 19.2.